The van der Waals surface area contributed by atoms with E-state index >= 15 is 0 Å². The molecule has 2 bridgehead atoms. The van der Waals surface area contributed by atoms with Crippen molar-refractivity contribution < 1.29 is 9.90 Å². The van der Waals surface area contributed by atoms with Crippen LogP contribution < -0.4 is 16.6 Å². The first-order valence-corrected chi connectivity index (χ1v) is 12.5. The molecule has 2 heterocycles. The fourth-order valence-electron chi connectivity index (χ4n) is 6.03. The Bertz CT molecular complexity index is 1130. The molecule has 1 amide bonds. The highest BCUT2D eigenvalue weighted by Crippen LogP contribution is 2.49. The highest BCUT2D eigenvalue weighted by atomic mass is 16.3. The van der Waals surface area contributed by atoms with Crippen molar-refractivity contribution in [2.75, 3.05) is 0 Å². The van der Waals surface area contributed by atoms with E-state index in [9.17, 15) is 19.5 Å². The van der Waals surface area contributed by atoms with Crippen LogP contribution in [0.5, 0.6) is 0 Å². The molecule has 4 rings (SSSR count). The van der Waals surface area contributed by atoms with Crippen LogP contribution in [0.25, 0.3) is 11.2 Å². The number of hydrogen-bond donors (Lipinski definition) is 2. The molecule has 4 atom stereocenters. The minimum atomic E-state index is -0.522. The number of aliphatic hydroxyl groups excluding tert-OH is 1. The number of aryl methyl sites for hydroxylation is 2. The van der Waals surface area contributed by atoms with Gasteiger partial charge in [0, 0.05) is 19.1 Å². The van der Waals surface area contributed by atoms with E-state index in [0.717, 1.165) is 36.2 Å². The Labute approximate surface area is 193 Å². The monoisotopic (exact) mass is 459 g/mol. The van der Waals surface area contributed by atoms with Gasteiger partial charge >= 0.3 is 5.69 Å². The molecule has 9 nitrogen and oxygen atoms in total. The van der Waals surface area contributed by atoms with Gasteiger partial charge in [0.2, 0.25) is 5.91 Å². The van der Waals surface area contributed by atoms with Crippen molar-refractivity contribution in [3.8, 4) is 0 Å². The third-order valence-corrected chi connectivity index (χ3v) is 7.64. The Morgan fingerprint density at radius 1 is 1.12 bits per heavy atom. The number of nitrogens with zero attached hydrogens (tertiary/aromatic N) is 4. The van der Waals surface area contributed by atoms with Gasteiger partial charge in [-0.2, -0.15) is 0 Å². The van der Waals surface area contributed by atoms with Gasteiger partial charge in [0.05, 0.1) is 0 Å². The van der Waals surface area contributed by atoms with Crippen molar-refractivity contribution in [1.29, 1.82) is 0 Å². The van der Waals surface area contributed by atoms with Crippen LogP contribution in [-0.4, -0.2) is 35.7 Å². The molecule has 2 fully saturated rings. The number of carbonyl (C=O) groups is 1. The average Bonchev–Trinajstić information content (AvgIpc) is 3.51. The van der Waals surface area contributed by atoms with Crippen molar-refractivity contribution in [2.24, 2.45) is 17.8 Å². The van der Waals surface area contributed by atoms with E-state index in [1.807, 2.05) is 20.8 Å². The first-order valence-electron chi connectivity index (χ1n) is 12.5. The Balaban J connectivity index is 1.67. The second-order valence-electron chi connectivity index (χ2n) is 9.88. The maximum atomic E-state index is 13.4. The lowest BCUT2D eigenvalue weighted by Crippen LogP contribution is -2.47. The standard InChI is InChI=1S/C24H37N5O4/c1-4-6-10-28-22-21(27(9-5-2)19(14-30)26-22)23(32)29(24(28)33)13-20(31)25-15(3)18-12-16-7-8-17(18)11-16/h15-18,30H,4-14H2,1-3H3,(H,25,31)/t15-,16-,17-,18+/m1/s1. The molecule has 182 valence electrons. The van der Waals surface area contributed by atoms with Crippen molar-refractivity contribution >= 4 is 17.1 Å². The summed E-state index contributed by atoms with van der Waals surface area (Å²) in [6, 6.07) is 0.0289. The second-order valence-corrected chi connectivity index (χ2v) is 9.88. The van der Waals surface area contributed by atoms with Gasteiger partial charge in [-0.05, 0) is 56.8 Å². The van der Waals surface area contributed by atoms with Gasteiger partial charge < -0.3 is 15.0 Å². The van der Waals surface area contributed by atoms with Crippen molar-refractivity contribution in [3.05, 3.63) is 26.7 Å². The minimum Gasteiger partial charge on any atom is -0.388 e. The van der Waals surface area contributed by atoms with Crippen LogP contribution >= 0.6 is 0 Å². The highest BCUT2D eigenvalue weighted by molar-refractivity contribution is 5.77. The fourth-order valence-corrected chi connectivity index (χ4v) is 6.03. The summed E-state index contributed by atoms with van der Waals surface area (Å²) in [6.07, 6.45) is 7.32. The number of imidazole rings is 1. The molecule has 0 radical (unpaired) electrons. The van der Waals surface area contributed by atoms with Gasteiger partial charge in [-0.3, -0.25) is 14.2 Å². The zero-order chi connectivity index (χ0) is 23.7. The first kappa shape index (κ1) is 23.7. The van der Waals surface area contributed by atoms with Crippen LogP contribution in [0, 0.1) is 17.8 Å². The molecular weight excluding hydrogens is 422 g/mol. The average molecular weight is 460 g/mol. The van der Waals surface area contributed by atoms with E-state index in [0.29, 0.717) is 36.4 Å². The van der Waals surface area contributed by atoms with E-state index < -0.39 is 11.2 Å². The highest BCUT2D eigenvalue weighted by Gasteiger charge is 2.42. The van der Waals surface area contributed by atoms with E-state index in [1.54, 1.807) is 4.57 Å². The van der Waals surface area contributed by atoms with E-state index in [4.69, 9.17) is 0 Å². The number of hydrogen-bond acceptors (Lipinski definition) is 5. The minimum absolute atomic E-state index is 0.0289. The third kappa shape index (κ3) is 4.39. The van der Waals surface area contributed by atoms with Crippen LogP contribution in [0.2, 0.25) is 0 Å². The van der Waals surface area contributed by atoms with Gasteiger partial charge in [-0.1, -0.05) is 26.7 Å². The van der Waals surface area contributed by atoms with Crippen LogP contribution in [-0.2, 0) is 31.0 Å². The summed E-state index contributed by atoms with van der Waals surface area (Å²) in [4.78, 5) is 44.1. The van der Waals surface area contributed by atoms with Crippen molar-refractivity contribution in [3.63, 3.8) is 0 Å². The van der Waals surface area contributed by atoms with Crippen molar-refractivity contribution in [2.45, 2.75) is 98.0 Å². The number of fused-ring (bicyclic) bond motifs is 3. The molecule has 0 unspecified atom stereocenters. The number of aliphatic hydroxyl groups is 1. The summed E-state index contributed by atoms with van der Waals surface area (Å²) in [6.45, 7) is 6.32. The SMILES string of the molecule is CCCCn1c(=O)n(CC(=O)N[C@H](C)[C@@H]2C[C@@H]3CC[C@@H]2C3)c(=O)c2c1nc(CO)n2CCC. The normalized spacial score (nSPS) is 22.8. The lowest BCUT2D eigenvalue weighted by molar-refractivity contribution is -0.122. The van der Waals surface area contributed by atoms with Crippen molar-refractivity contribution in [1.82, 2.24) is 24.0 Å². The summed E-state index contributed by atoms with van der Waals surface area (Å²) < 4.78 is 4.21. The third-order valence-electron chi connectivity index (χ3n) is 7.64. The lowest BCUT2D eigenvalue weighted by Gasteiger charge is -2.28. The Morgan fingerprint density at radius 3 is 2.52 bits per heavy atom. The quantitative estimate of drug-likeness (QED) is 0.565. The summed E-state index contributed by atoms with van der Waals surface area (Å²) >= 11 is 0. The summed E-state index contributed by atoms with van der Waals surface area (Å²) in [7, 11) is 0. The topological polar surface area (TPSA) is 111 Å². The van der Waals surface area contributed by atoms with Crippen LogP contribution in [0.15, 0.2) is 9.59 Å². The molecule has 2 aliphatic carbocycles. The van der Waals surface area contributed by atoms with Gasteiger partial charge in [-0.15, -0.1) is 0 Å². The van der Waals surface area contributed by atoms with Crippen LogP contribution in [0.1, 0.15) is 71.5 Å². The molecular formula is C24H37N5O4. The van der Waals surface area contributed by atoms with E-state index in [-0.39, 0.29) is 30.6 Å². The Morgan fingerprint density at radius 2 is 1.91 bits per heavy atom. The molecule has 2 saturated carbocycles. The number of nitrogens with one attached hydrogen (secondary N) is 1. The maximum absolute atomic E-state index is 13.4. The summed E-state index contributed by atoms with van der Waals surface area (Å²) in [5.41, 5.74) is -0.464. The van der Waals surface area contributed by atoms with Crippen LogP contribution in [0.4, 0.5) is 0 Å². The second kappa shape index (κ2) is 9.83. The Hall–Kier alpha value is -2.42. The fraction of sp³-hybridized carbons (Fsp3) is 0.750. The molecule has 9 heteroatoms. The lowest BCUT2D eigenvalue weighted by atomic mass is 9.84. The molecule has 33 heavy (non-hydrogen) atoms. The molecule has 2 aromatic rings. The largest absolute Gasteiger partial charge is 0.388 e. The van der Waals surface area contributed by atoms with E-state index in [1.165, 1.54) is 23.8 Å². The molecule has 2 aromatic heterocycles. The van der Waals surface area contributed by atoms with Gasteiger partial charge in [-0.25, -0.2) is 14.3 Å². The molecule has 0 aromatic carbocycles. The predicted molar refractivity (Wildman–Crippen MR) is 126 cm³/mol. The molecule has 0 aliphatic heterocycles. The van der Waals surface area contributed by atoms with Gasteiger partial charge in [0.25, 0.3) is 5.56 Å². The number of carbonyl (C=O) groups excluding carboxylic acids is 1. The maximum Gasteiger partial charge on any atom is 0.333 e. The first-order chi connectivity index (χ1) is 15.9. The molecule has 0 saturated heterocycles. The number of aromatic nitrogens is 4. The number of unbranched alkanes of at least 4 members (excludes halogenated alkanes) is 1. The smallest absolute Gasteiger partial charge is 0.333 e. The molecule has 0 spiro atoms. The zero-order valence-corrected chi connectivity index (χ0v) is 20.0. The molecule has 2 N–H and O–H groups in total. The number of amides is 1. The van der Waals surface area contributed by atoms with Gasteiger partial charge in [0.1, 0.15) is 19.0 Å². The van der Waals surface area contributed by atoms with E-state index in [2.05, 4.69) is 10.3 Å². The van der Waals surface area contributed by atoms with Crippen LogP contribution in [0.3, 0.4) is 0 Å². The summed E-state index contributed by atoms with van der Waals surface area (Å²) in [5, 5.41) is 12.9. The number of rotatable bonds is 10. The van der Waals surface area contributed by atoms with Gasteiger partial charge in [0.15, 0.2) is 11.2 Å². The Kier molecular flexibility index (Phi) is 7.07. The predicted octanol–water partition coefficient (Wildman–Crippen LogP) is 2.00. The summed E-state index contributed by atoms with van der Waals surface area (Å²) in [5.74, 6) is 1.99. The zero-order valence-electron chi connectivity index (χ0n) is 20.0. The molecule has 2 aliphatic rings.